The molecule has 4 N–H and O–H groups in total. The summed E-state index contributed by atoms with van der Waals surface area (Å²) in [6.45, 7) is 11.4. The zero-order chi connectivity index (χ0) is 94.2. The molecule has 4 heterocycles. The number of alkyl halides is 2. The average molecular weight is 1880 g/mol. The number of hydrogen-bond acceptors (Lipinski definition) is 23. The van der Waals surface area contributed by atoms with Crippen molar-refractivity contribution in [1.82, 2.24) is 0 Å². The summed E-state index contributed by atoms with van der Waals surface area (Å²) in [5.41, 5.74) is 6.90. The monoisotopic (exact) mass is 1880 g/mol. The van der Waals surface area contributed by atoms with E-state index in [-0.39, 0.29) is 91.2 Å². The molecule has 12 aromatic carbocycles. The number of aryl methyl sites for hydroxylation is 6. The van der Waals surface area contributed by atoms with Gasteiger partial charge in [-0.05, 0) is 303 Å². The minimum Gasteiger partial charge on any atom is -0.508 e. The van der Waals surface area contributed by atoms with Crippen LogP contribution in [0.2, 0.25) is 5.02 Å². The van der Waals surface area contributed by atoms with E-state index in [0.717, 1.165) is 79.5 Å². The van der Waals surface area contributed by atoms with Crippen LogP contribution in [0.5, 0.6) is 69.0 Å². The number of phenols is 4. The Kier molecular flexibility index (Phi) is 30.1. The maximum Gasteiger partial charge on any atom is 0.311 e. The standard InChI is InChI=1S/C26H19ClO5S.C26H19FO5S.C25H17F3O4S.C25H16F2O5S/c2*1-15-11-18(27)12-16(2)23(15)24(30)26-25(21-8-5-19(29)13-22(21)33-26)32-20-6-3-17(4-7-20)9-10-31-14-28;1-15-12-17(26)4-9-21(15)25(27,28)24-23(20-8-5-18(30)13-22(20)33-24)32-19-6-2-16(3-7-19)10-11-31-14-29;1-14-10-16(26)3-5-18(14)23(30)25-24(19-6-4-17(29)12-22(19)33-25)32-21-7-2-15(11-20(21)27)8-9-31-13-28/h2*3-14,29H,1-2H3;2-14,30H,1H3;2-13,29H,1H3/b2*10-9+;11-10+;9-8+. The number of thiophene rings is 4. The molecule has 0 aliphatic heterocycles. The van der Waals surface area contributed by atoms with Gasteiger partial charge >= 0.3 is 5.92 Å². The summed E-state index contributed by atoms with van der Waals surface area (Å²) in [6.07, 6.45) is 11.1. The van der Waals surface area contributed by atoms with Gasteiger partial charge < -0.3 is 58.3 Å². The highest BCUT2D eigenvalue weighted by Gasteiger charge is 2.42. The van der Waals surface area contributed by atoms with Gasteiger partial charge in [-0.25, -0.2) is 17.6 Å². The van der Waals surface area contributed by atoms with E-state index in [1.807, 2.05) is 13.8 Å². The molecular weight excluding hydrogens is 1810 g/mol. The van der Waals surface area contributed by atoms with Crippen molar-refractivity contribution in [3.63, 3.8) is 0 Å². The molecule has 0 amide bonds. The molecule has 0 aliphatic rings. The Morgan fingerprint density at radius 1 is 0.341 bits per heavy atom. The lowest BCUT2D eigenvalue weighted by atomic mass is 9.97. The molecule has 16 aromatic rings. The van der Waals surface area contributed by atoms with Crippen LogP contribution in [-0.2, 0) is 44.0 Å². The molecular formula is C102H71ClF6O19S4. The number of carbonyl (C=O) groups excluding carboxylic acids is 7. The van der Waals surface area contributed by atoms with E-state index in [4.69, 9.17) is 30.5 Å². The summed E-state index contributed by atoms with van der Waals surface area (Å²) < 4.78 is 132. The molecule has 4 aromatic heterocycles. The van der Waals surface area contributed by atoms with Crippen LogP contribution in [0, 0.1) is 64.8 Å². The van der Waals surface area contributed by atoms with Crippen LogP contribution in [0.25, 0.3) is 64.6 Å². The summed E-state index contributed by atoms with van der Waals surface area (Å²) in [4.78, 5) is 82.1. The number of carbonyl (C=O) groups is 7. The first kappa shape index (κ1) is 94.2. The van der Waals surface area contributed by atoms with E-state index in [1.54, 1.807) is 166 Å². The van der Waals surface area contributed by atoms with Crippen molar-refractivity contribution >= 4 is 165 Å². The van der Waals surface area contributed by atoms with Gasteiger partial charge in [0.2, 0.25) is 17.3 Å². The fourth-order valence-corrected chi connectivity index (χ4v) is 18.7. The second-order valence-corrected chi connectivity index (χ2v) is 33.7. The van der Waals surface area contributed by atoms with Gasteiger partial charge in [0.15, 0.2) is 34.6 Å². The van der Waals surface area contributed by atoms with Crippen molar-refractivity contribution in [2.75, 3.05) is 0 Å². The van der Waals surface area contributed by atoms with E-state index < -0.39 is 35.0 Å². The molecule has 19 nitrogen and oxygen atoms in total. The SMILES string of the molecule is Cc1cc(Cl)cc(C)c1C(=O)c1sc2cc(O)ccc2c1Oc1ccc(/C=C/OC=O)cc1.Cc1cc(F)cc(C)c1C(=O)c1sc2cc(O)ccc2c1Oc1ccc(/C=C/OC=O)cc1.Cc1cc(F)ccc1C(=O)c1sc2cc(O)ccc2c1Oc1ccc(/C=C/OC=O)cc1F.Cc1cc(F)ccc1C(F)(F)c1sc2cc(O)ccc2c1Oc1ccc(/C=C/OC=O)cc1. The predicted octanol–water partition coefficient (Wildman–Crippen LogP) is 27.1. The molecule has 0 spiro atoms. The summed E-state index contributed by atoms with van der Waals surface area (Å²) in [5, 5.41) is 42.5. The number of halogens is 7. The molecule has 0 aliphatic carbocycles. The zero-order valence-corrected chi connectivity index (χ0v) is 74.0. The number of benzene rings is 12. The Morgan fingerprint density at radius 2 is 0.674 bits per heavy atom. The largest absolute Gasteiger partial charge is 0.508 e. The van der Waals surface area contributed by atoms with Crippen molar-refractivity contribution in [2.24, 2.45) is 0 Å². The minimum atomic E-state index is -3.47. The van der Waals surface area contributed by atoms with Gasteiger partial charge in [0.1, 0.15) is 77.2 Å². The molecule has 666 valence electrons. The van der Waals surface area contributed by atoms with E-state index >= 15 is 8.78 Å². The van der Waals surface area contributed by atoms with Gasteiger partial charge in [0.05, 0.1) is 25.0 Å². The molecule has 0 bridgehead atoms. The van der Waals surface area contributed by atoms with Gasteiger partial charge in [-0.15, -0.1) is 45.3 Å². The van der Waals surface area contributed by atoms with Crippen LogP contribution >= 0.6 is 56.9 Å². The van der Waals surface area contributed by atoms with Crippen LogP contribution < -0.4 is 18.9 Å². The molecule has 132 heavy (non-hydrogen) atoms. The topological polar surface area (TPSA) is 274 Å². The third kappa shape index (κ3) is 22.3. The van der Waals surface area contributed by atoms with Crippen molar-refractivity contribution in [3.05, 3.63) is 375 Å². The summed E-state index contributed by atoms with van der Waals surface area (Å²) >= 11 is 10.5. The smallest absolute Gasteiger partial charge is 0.311 e. The highest BCUT2D eigenvalue weighted by Crippen LogP contribution is 2.53. The first-order valence-corrected chi connectivity index (χ1v) is 43.0. The van der Waals surface area contributed by atoms with Crippen LogP contribution in [-0.4, -0.2) is 63.7 Å². The van der Waals surface area contributed by atoms with Crippen molar-refractivity contribution < 1.29 is 118 Å². The maximum absolute atomic E-state index is 15.7. The van der Waals surface area contributed by atoms with Crippen LogP contribution in [0.3, 0.4) is 0 Å². The number of hydrogen-bond donors (Lipinski definition) is 4. The number of ether oxygens (including phenoxy) is 8. The number of aromatic hydroxyl groups is 4. The van der Waals surface area contributed by atoms with Gasteiger partial charge in [-0.1, -0.05) is 54.1 Å². The highest BCUT2D eigenvalue weighted by atomic mass is 35.5. The van der Waals surface area contributed by atoms with E-state index in [2.05, 4.69) is 18.9 Å². The van der Waals surface area contributed by atoms with Gasteiger partial charge in [-0.3, -0.25) is 33.6 Å². The number of phenolic OH excluding ortho intramolecular Hbond substituents is 4. The van der Waals surface area contributed by atoms with Gasteiger partial charge in [0.25, 0.3) is 25.9 Å². The normalized spacial score (nSPS) is 11.3. The Labute approximate surface area is 769 Å². The van der Waals surface area contributed by atoms with Gasteiger partial charge in [0, 0.05) is 67.6 Å². The lowest BCUT2D eigenvalue weighted by Crippen LogP contribution is -2.16. The third-order valence-corrected chi connectivity index (χ3v) is 24.7. The fraction of sp³-hybridized carbons (Fsp3) is 0.0686. The highest BCUT2D eigenvalue weighted by molar-refractivity contribution is 7.22. The third-order valence-electron chi connectivity index (χ3n) is 19.9. The van der Waals surface area contributed by atoms with Crippen LogP contribution in [0.4, 0.5) is 26.3 Å². The molecule has 0 unspecified atom stereocenters. The number of rotatable bonds is 28. The molecule has 0 fully saturated rings. The fourth-order valence-electron chi connectivity index (χ4n) is 13.9. The van der Waals surface area contributed by atoms with E-state index in [1.165, 1.54) is 133 Å². The molecule has 0 saturated carbocycles. The molecule has 16 rings (SSSR count). The number of fused-ring (bicyclic) bond motifs is 4. The summed E-state index contributed by atoms with van der Waals surface area (Å²) in [6, 6.07) is 56.5. The lowest BCUT2D eigenvalue weighted by molar-refractivity contribution is -0.124. The van der Waals surface area contributed by atoms with Crippen LogP contribution in [0.15, 0.2) is 250 Å². The number of ketones is 3. The quantitative estimate of drug-likeness (QED) is 0.0117. The molecule has 0 atom stereocenters. The second-order valence-electron chi connectivity index (χ2n) is 29.0. The van der Waals surface area contributed by atoms with E-state index in [9.17, 15) is 71.5 Å². The lowest BCUT2D eigenvalue weighted by Gasteiger charge is -2.19. The van der Waals surface area contributed by atoms with Crippen molar-refractivity contribution in [1.29, 1.82) is 0 Å². The molecule has 0 saturated heterocycles. The van der Waals surface area contributed by atoms with E-state index in [0.29, 0.717) is 126 Å². The Hall–Kier alpha value is -15.4. The molecule has 30 heteroatoms. The summed E-state index contributed by atoms with van der Waals surface area (Å²) in [5.74, 6) is -4.22. The Balaban J connectivity index is 0.000000150. The summed E-state index contributed by atoms with van der Waals surface area (Å²) in [7, 11) is 0. The zero-order valence-electron chi connectivity index (χ0n) is 70.0. The maximum atomic E-state index is 15.7. The first-order chi connectivity index (χ1) is 63.4. The Bertz CT molecular complexity index is 6960. The Morgan fingerprint density at radius 3 is 1.06 bits per heavy atom. The van der Waals surface area contributed by atoms with Crippen molar-refractivity contribution in [3.8, 4) is 69.0 Å². The first-order valence-electron chi connectivity index (χ1n) is 39.4. The van der Waals surface area contributed by atoms with Gasteiger partial charge in [-0.2, -0.15) is 8.78 Å². The molecule has 0 radical (unpaired) electrons. The van der Waals surface area contributed by atoms with Crippen LogP contribution in [0.1, 0.15) is 112 Å². The second kappa shape index (κ2) is 42.2. The van der Waals surface area contributed by atoms with Crippen molar-refractivity contribution in [2.45, 2.75) is 47.5 Å². The predicted molar refractivity (Wildman–Crippen MR) is 497 cm³/mol. The minimum absolute atomic E-state index is 0.00660. The average Bonchev–Trinajstić information content (AvgIpc) is 1.44.